The van der Waals surface area contributed by atoms with Crippen molar-refractivity contribution >= 4 is 21.6 Å². The molecule has 1 fully saturated rings. The number of carbonyl (C=O) groups is 1. The van der Waals surface area contributed by atoms with E-state index in [0.29, 0.717) is 36.6 Å². The van der Waals surface area contributed by atoms with E-state index in [0.717, 1.165) is 24.8 Å². The number of hydrogen-bond acceptors (Lipinski definition) is 3. The molecule has 1 amide bonds. The summed E-state index contributed by atoms with van der Waals surface area (Å²) in [7, 11) is -3.90. The van der Waals surface area contributed by atoms with Crippen LogP contribution in [0.25, 0.3) is 0 Å². The maximum atomic E-state index is 13.2. The van der Waals surface area contributed by atoms with Gasteiger partial charge in [0.25, 0.3) is 15.9 Å². The van der Waals surface area contributed by atoms with Crippen molar-refractivity contribution in [3.63, 3.8) is 0 Å². The highest BCUT2D eigenvalue weighted by Crippen LogP contribution is 2.29. The largest absolute Gasteiger partial charge is 0.361 e. The highest BCUT2D eigenvalue weighted by molar-refractivity contribution is 7.92. The quantitative estimate of drug-likeness (QED) is 0.819. The Kier molecular flexibility index (Phi) is 5.60. The molecule has 1 aromatic heterocycles. The fourth-order valence-corrected chi connectivity index (χ4v) is 5.28. The van der Waals surface area contributed by atoms with Gasteiger partial charge >= 0.3 is 0 Å². The SMILES string of the molecule is CCc1ccccc1NS(=O)(=O)c1c(C)[nH]c(C)c1C(=O)N1CCCCC1. The van der Waals surface area contributed by atoms with Crippen molar-refractivity contribution in [2.45, 2.75) is 51.3 Å². The molecule has 2 N–H and O–H groups in total. The number of aryl methyl sites for hydroxylation is 3. The van der Waals surface area contributed by atoms with E-state index in [2.05, 4.69) is 9.71 Å². The van der Waals surface area contributed by atoms with Crippen LogP contribution in [-0.2, 0) is 16.4 Å². The van der Waals surface area contributed by atoms with Gasteiger partial charge in [-0.05, 0) is 51.2 Å². The number of aromatic nitrogens is 1. The lowest BCUT2D eigenvalue weighted by Gasteiger charge is -2.27. The van der Waals surface area contributed by atoms with Gasteiger partial charge in [0.2, 0.25) is 0 Å². The van der Waals surface area contributed by atoms with E-state index in [1.54, 1.807) is 30.9 Å². The van der Waals surface area contributed by atoms with E-state index in [1.807, 2.05) is 19.1 Å². The van der Waals surface area contributed by atoms with Crippen LogP contribution in [-0.4, -0.2) is 37.3 Å². The zero-order valence-electron chi connectivity index (χ0n) is 16.1. The van der Waals surface area contributed by atoms with Gasteiger partial charge in [0, 0.05) is 24.5 Å². The van der Waals surface area contributed by atoms with Crippen molar-refractivity contribution in [1.29, 1.82) is 0 Å². The minimum absolute atomic E-state index is 0.0569. The lowest BCUT2D eigenvalue weighted by atomic mass is 10.1. The summed E-state index contributed by atoms with van der Waals surface area (Å²) in [6.45, 7) is 6.77. The number of anilines is 1. The van der Waals surface area contributed by atoms with E-state index in [-0.39, 0.29) is 16.4 Å². The van der Waals surface area contributed by atoms with Crippen LogP contribution in [0.15, 0.2) is 29.2 Å². The molecule has 2 aromatic rings. The number of para-hydroxylation sites is 1. The molecular weight excluding hydrogens is 362 g/mol. The monoisotopic (exact) mass is 389 g/mol. The first-order chi connectivity index (χ1) is 12.8. The minimum atomic E-state index is -3.90. The number of piperidine rings is 1. The Labute approximate surface area is 161 Å². The normalized spacial score (nSPS) is 15.0. The predicted octanol–water partition coefficient (Wildman–Crippen LogP) is 3.62. The third kappa shape index (κ3) is 3.88. The summed E-state index contributed by atoms with van der Waals surface area (Å²) in [5, 5.41) is 0. The molecule has 1 aliphatic rings. The number of likely N-dealkylation sites (tertiary alicyclic amines) is 1. The number of amides is 1. The lowest BCUT2D eigenvalue weighted by molar-refractivity contribution is 0.0720. The number of sulfonamides is 1. The minimum Gasteiger partial charge on any atom is -0.361 e. The van der Waals surface area contributed by atoms with Crippen molar-refractivity contribution < 1.29 is 13.2 Å². The molecule has 146 valence electrons. The second-order valence-corrected chi connectivity index (χ2v) is 8.67. The van der Waals surface area contributed by atoms with Crippen molar-refractivity contribution in [2.75, 3.05) is 17.8 Å². The van der Waals surface area contributed by atoms with Crippen LogP contribution in [0.1, 0.15) is 53.5 Å². The molecule has 1 aliphatic heterocycles. The molecule has 1 saturated heterocycles. The number of nitrogens with zero attached hydrogens (tertiary/aromatic N) is 1. The lowest BCUT2D eigenvalue weighted by Crippen LogP contribution is -2.36. The van der Waals surface area contributed by atoms with E-state index in [4.69, 9.17) is 0 Å². The highest BCUT2D eigenvalue weighted by atomic mass is 32.2. The van der Waals surface area contributed by atoms with Gasteiger partial charge in [-0.3, -0.25) is 9.52 Å². The molecule has 0 radical (unpaired) electrons. The summed E-state index contributed by atoms with van der Waals surface area (Å²) < 4.78 is 29.1. The van der Waals surface area contributed by atoms with Crippen LogP contribution in [0.3, 0.4) is 0 Å². The van der Waals surface area contributed by atoms with Gasteiger partial charge in [0.15, 0.2) is 0 Å². The molecule has 2 heterocycles. The molecule has 0 bridgehead atoms. The van der Waals surface area contributed by atoms with E-state index < -0.39 is 10.0 Å². The summed E-state index contributed by atoms with van der Waals surface area (Å²) in [4.78, 5) is 18.0. The summed E-state index contributed by atoms with van der Waals surface area (Å²) in [5.74, 6) is -0.208. The summed E-state index contributed by atoms with van der Waals surface area (Å²) in [6, 6.07) is 7.32. The average molecular weight is 390 g/mol. The zero-order chi connectivity index (χ0) is 19.6. The third-order valence-electron chi connectivity index (χ3n) is 5.09. The molecule has 0 unspecified atom stereocenters. The fourth-order valence-electron chi connectivity index (χ4n) is 3.73. The van der Waals surface area contributed by atoms with Gasteiger partial charge < -0.3 is 9.88 Å². The molecule has 0 saturated carbocycles. The smallest absolute Gasteiger partial charge is 0.264 e. The Morgan fingerprint density at radius 2 is 1.78 bits per heavy atom. The van der Waals surface area contributed by atoms with Crippen LogP contribution in [0.4, 0.5) is 5.69 Å². The van der Waals surface area contributed by atoms with Gasteiger partial charge in [0.1, 0.15) is 4.90 Å². The van der Waals surface area contributed by atoms with E-state index in [1.165, 1.54) is 0 Å². The van der Waals surface area contributed by atoms with E-state index >= 15 is 0 Å². The number of rotatable bonds is 5. The first-order valence-corrected chi connectivity index (χ1v) is 10.9. The number of hydrogen-bond donors (Lipinski definition) is 2. The molecule has 0 aliphatic carbocycles. The first-order valence-electron chi connectivity index (χ1n) is 9.44. The molecule has 1 aromatic carbocycles. The number of aromatic amines is 1. The van der Waals surface area contributed by atoms with Crippen molar-refractivity contribution in [1.82, 2.24) is 9.88 Å². The van der Waals surface area contributed by atoms with Crippen LogP contribution < -0.4 is 4.72 Å². The standard InChI is InChI=1S/C20H27N3O3S/c1-4-16-10-6-7-11-17(16)22-27(25,26)19-15(3)21-14(2)18(19)20(24)23-12-8-5-9-13-23/h6-7,10-11,21-22H,4-5,8-9,12-13H2,1-3H3. The van der Waals surface area contributed by atoms with Crippen LogP contribution in [0.2, 0.25) is 0 Å². The molecular formula is C20H27N3O3S. The van der Waals surface area contributed by atoms with Crippen LogP contribution in [0, 0.1) is 13.8 Å². The Hall–Kier alpha value is -2.28. The second kappa shape index (κ2) is 7.76. The zero-order valence-corrected chi connectivity index (χ0v) is 16.9. The Bertz CT molecular complexity index is 941. The molecule has 3 rings (SSSR count). The molecule has 27 heavy (non-hydrogen) atoms. The Morgan fingerprint density at radius 1 is 1.11 bits per heavy atom. The molecule has 0 spiro atoms. The van der Waals surface area contributed by atoms with Crippen molar-refractivity contribution in [3.8, 4) is 0 Å². The third-order valence-corrected chi connectivity index (χ3v) is 6.62. The van der Waals surface area contributed by atoms with Crippen LogP contribution in [0.5, 0.6) is 0 Å². The van der Waals surface area contributed by atoms with Gasteiger partial charge in [-0.1, -0.05) is 25.1 Å². The Morgan fingerprint density at radius 3 is 2.44 bits per heavy atom. The summed E-state index contributed by atoms with van der Waals surface area (Å²) in [6.07, 6.45) is 3.73. The van der Waals surface area contributed by atoms with Gasteiger partial charge in [-0.15, -0.1) is 0 Å². The van der Waals surface area contributed by atoms with Crippen molar-refractivity contribution in [2.24, 2.45) is 0 Å². The van der Waals surface area contributed by atoms with E-state index in [9.17, 15) is 13.2 Å². The Balaban J connectivity index is 2.01. The predicted molar refractivity (Wildman–Crippen MR) is 107 cm³/mol. The molecule has 6 nitrogen and oxygen atoms in total. The van der Waals surface area contributed by atoms with Gasteiger partial charge in [0.05, 0.1) is 11.3 Å². The maximum absolute atomic E-state index is 13.2. The van der Waals surface area contributed by atoms with Crippen LogP contribution >= 0.6 is 0 Å². The first kappa shape index (κ1) is 19.5. The highest BCUT2D eigenvalue weighted by Gasteiger charge is 2.32. The average Bonchev–Trinajstić information content (AvgIpc) is 2.96. The molecule has 0 atom stereocenters. The number of nitrogens with one attached hydrogen (secondary N) is 2. The number of H-pyrrole nitrogens is 1. The second-order valence-electron chi connectivity index (χ2n) is 7.05. The van der Waals surface area contributed by atoms with Crippen molar-refractivity contribution in [3.05, 3.63) is 46.8 Å². The van der Waals surface area contributed by atoms with Gasteiger partial charge in [-0.25, -0.2) is 8.42 Å². The number of carbonyl (C=O) groups excluding carboxylic acids is 1. The number of benzene rings is 1. The van der Waals surface area contributed by atoms with Gasteiger partial charge in [-0.2, -0.15) is 0 Å². The maximum Gasteiger partial charge on any atom is 0.264 e. The summed E-state index contributed by atoms with van der Waals surface area (Å²) >= 11 is 0. The molecule has 7 heteroatoms. The topological polar surface area (TPSA) is 82.3 Å². The summed E-state index contributed by atoms with van der Waals surface area (Å²) in [5.41, 5.74) is 2.79. The fraction of sp³-hybridized carbons (Fsp3) is 0.450.